The summed E-state index contributed by atoms with van der Waals surface area (Å²) >= 11 is 0. The Hall–Kier alpha value is -3.39. The van der Waals surface area contributed by atoms with E-state index in [-0.39, 0.29) is 0 Å². The summed E-state index contributed by atoms with van der Waals surface area (Å²) < 4.78 is 7.93. The maximum Gasteiger partial charge on any atom is 0.345 e. The zero-order valence-electron chi connectivity index (χ0n) is 16.6. The van der Waals surface area contributed by atoms with Gasteiger partial charge >= 0.3 is 5.97 Å². The minimum absolute atomic E-state index is 0.300. The molecule has 2 heterocycles. The predicted octanol–water partition coefficient (Wildman–Crippen LogP) is 2.87. The highest BCUT2D eigenvalue weighted by atomic mass is 16.5. The van der Waals surface area contributed by atoms with E-state index in [9.17, 15) is 19.8 Å². The van der Waals surface area contributed by atoms with Crippen molar-refractivity contribution in [1.29, 1.82) is 0 Å². The number of benzene rings is 1. The Balaban J connectivity index is 1.72. The number of rotatable bonds is 6. The third kappa shape index (κ3) is 3.50. The van der Waals surface area contributed by atoms with Crippen molar-refractivity contribution in [2.24, 2.45) is 0 Å². The minimum Gasteiger partial charge on any atom is -0.506 e. The molecule has 3 aromatic rings. The zero-order valence-corrected chi connectivity index (χ0v) is 16.6. The summed E-state index contributed by atoms with van der Waals surface area (Å²) in [6.07, 6.45) is 1.86. The first-order chi connectivity index (χ1) is 14.5. The number of hydrogen-bond donors (Lipinski definition) is 3. The van der Waals surface area contributed by atoms with Gasteiger partial charge in [0, 0.05) is 17.8 Å². The van der Waals surface area contributed by atoms with Gasteiger partial charge in [0.05, 0.1) is 12.3 Å². The van der Waals surface area contributed by atoms with E-state index in [1.807, 2.05) is 37.3 Å². The Morgan fingerprint density at radius 3 is 2.70 bits per heavy atom. The molecule has 0 unspecified atom stereocenters. The van der Waals surface area contributed by atoms with E-state index in [1.165, 1.54) is 0 Å². The van der Waals surface area contributed by atoms with Crippen LogP contribution in [-0.4, -0.2) is 30.7 Å². The molecule has 30 heavy (non-hydrogen) atoms. The monoisotopic (exact) mass is 409 g/mol. The number of carboxylic acid groups (broad SMARTS) is 1. The zero-order chi connectivity index (χ0) is 21.3. The number of nitrogens with zero attached hydrogens (tertiary/aromatic N) is 2. The molecule has 0 saturated heterocycles. The molecule has 2 aromatic heterocycles. The fourth-order valence-corrected chi connectivity index (χ4v) is 4.01. The average molecular weight is 409 g/mol. The maximum absolute atomic E-state index is 12.3. The van der Waals surface area contributed by atoms with Crippen LogP contribution in [0.3, 0.4) is 0 Å². The summed E-state index contributed by atoms with van der Waals surface area (Å²) in [5.41, 5.74) is 1.95. The number of carboxylic acids is 1. The predicted molar refractivity (Wildman–Crippen MR) is 110 cm³/mol. The fourth-order valence-electron chi connectivity index (χ4n) is 4.01. The van der Waals surface area contributed by atoms with E-state index >= 15 is 0 Å². The SMILES string of the molecule is CCn1c(COCc2ccccc2)nc2c1CCCc1c-2[nH]c(=O)c(C(=O)O)c1O. The van der Waals surface area contributed by atoms with Gasteiger partial charge in [-0.25, -0.2) is 9.78 Å². The number of imidazole rings is 1. The number of ether oxygens (including phenoxy) is 1. The van der Waals surface area contributed by atoms with Gasteiger partial charge < -0.3 is 24.5 Å². The molecule has 1 aliphatic rings. The summed E-state index contributed by atoms with van der Waals surface area (Å²) in [5.74, 6) is -1.19. The van der Waals surface area contributed by atoms with E-state index in [0.717, 1.165) is 17.1 Å². The summed E-state index contributed by atoms with van der Waals surface area (Å²) in [4.78, 5) is 31.1. The number of aromatic carboxylic acids is 1. The third-order valence-corrected chi connectivity index (χ3v) is 5.39. The van der Waals surface area contributed by atoms with Crippen LogP contribution >= 0.6 is 0 Å². The van der Waals surface area contributed by atoms with Gasteiger partial charge in [0.2, 0.25) is 0 Å². The molecule has 0 spiro atoms. The summed E-state index contributed by atoms with van der Waals surface area (Å²) in [5, 5.41) is 19.8. The molecule has 156 valence electrons. The van der Waals surface area contributed by atoms with Crippen LogP contribution in [0.1, 0.15) is 46.3 Å². The Morgan fingerprint density at radius 1 is 1.23 bits per heavy atom. The smallest absolute Gasteiger partial charge is 0.345 e. The number of aromatic amines is 1. The van der Waals surface area contributed by atoms with Gasteiger partial charge in [-0.2, -0.15) is 0 Å². The lowest BCUT2D eigenvalue weighted by Gasteiger charge is -2.10. The quantitative estimate of drug-likeness (QED) is 0.576. The van der Waals surface area contributed by atoms with Gasteiger partial charge in [0.1, 0.15) is 23.9 Å². The first kappa shape index (κ1) is 19.9. The molecule has 0 saturated carbocycles. The number of aromatic hydroxyl groups is 1. The summed E-state index contributed by atoms with van der Waals surface area (Å²) in [6, 6.07) is 9.85. The van der Waals surface area contributed by atoms with Crippen LogP contribution in [0, 0.1) is 0 Å². The second kappa shape index (κ2) is 8.16. The third-order valence-electron chi connectivity index (χ3n) is 5.39. The van der Waals surface area contributed by atoms with Gasteiger partial charge in [-0.05, 0) is 31.7 Å². The second-order valence-corrected chi connectivity index (χ2v) is 7.24. The highest BCUT2D eigenvalue weighted by Gasteiger charge is 2.28. The standard InChI is InChI=1S/C22H23N3O5/c1-2-25-15-10-6-9-14-18(24-21(27)17(20(14)26)22(28)29)19(15)23-16(25)12-30-11-13-7-4-3-5-8-13/h3-5,7-8H,2,6,9-12H2,1H3,(H,28,29)(H2,24,26,27). The van der Waals surface area contributed by atoms with Crippen molar-refractivity contribution in [3.63, 3.8) is 0 Å². The molecule has 4 rings (SSSR count). The van der Waals surface area contributed by atoms with E-state index in [2.05, 4.69) is 9.55 Å². The van der Waals surface area contributed by atoms with Crippen LogP contribution < -0.4 is 5.56 Å². The van der Waals surface area contributed by atoms with Gasteiger partial charge in [0.25, 0.3) is 5.56 Å². The van der Waals surface area contributed by atoms with Crippen LogP contribution in [-0.2, 0) is 37.3 Å². The molecule has 3 N–H and O–H groups in total. The molecule has 0 atom stereocenters. The average Bonchev–Trinajstić information content (AvgIpc) is 2.97. The van der Waals surface area contributed by atoms with E-state index in [1.54, 1.807) is 0 Å². The summed E-state index contributed by atoms with van der Waals surface area (Å²) in [7, 11) is 0. The van der Waals surface area contributed by atoms with Crippen LogP contribution in [0.15, 0.2) is 35.1 Å². The fraction of sp³-hybridized carbons (Fsp3) is 0.318. The lowest BCUT2D eigenvalue weighted by molar-refractivity contribution is 0.0691. The topological polar surface area (TPSA) is 117 Å². The van der Waals surface area contributed by atoms with Gasteiger partial charge in [0.15, 0.2) is 5.56 Å². The molecular formula is C22H23N3O5. The van der Waals surface area contributed by atoms with Crippen molar-refractivity contribution in [3.05, 3.63) is 68.9 Å². The molecule has 8 heteroatoms. The van der Waals surface area contributed by atoms with Crippen molar-refractivity contribution in [3.8, 4) is 17.1 Å². The van der Waals surface area contributed by atoms with Crippen LogP contribution in [0.4, 0.5) is 0 Å². The number of hydrogen-bond acceptors (Lipinski definition) is 5. The molecule has 0 fully saturated rings. The largest absolute Gasteiger partial charge is 0.506 e. The van der Waals surface area contributed by atoms with Crippen molar-refractivity contribution < 1.29 is 19.7 Å². The normalized spacial score (nSPS) is 12.8. The lowest BCUT2D eigenvalue weighted by Crippen LogP contribution is -2.20. The number of carbonyl (C=O) groups is 1. The van der Waals surface area contributed by atoms with E-state index in [4.69, 9.17) is 9.72 Å². The number of H-pyrrole nitrogens is 1. The molecule has 0 aliphatic heterocycles. The lowest BCUT2D eigenvalue weighted by atomic mass is 10.0. The Labute approximate surface area is 172 Å². The van der Waals surface area contributed by atoms with Crippen molar-refractivity contribution in [2.45, 2.75) is 45.9 Å². The molecule has 1 aromatic carbocycles. The Morgan fingerprint density at radius 2 is 2.00 bits per heavy atom. The number of nitrogens with one attached hydrogen (secondary N) is 1. The van der Waals surface area contributed by atoms with Gasteiger partial charge in [-0.3, -0.25) is 4.79 Å². The first-order valence-corrected chi connectivity index (χ1v) is 9.93. The van der Waals surface area contributed by atoms with E-state index in [0.29, 0.717) is 56.0 Å². The Bertz CT molecular complexity index is 1150. The highest BCUT2D eigenvalue weighted by Crippen LogP contribution is 2.36. The van der Waals surface area contributed by atoms with Crippen molar-refractivity contribution in [2.75, 3.05) is 0 Å². The molecule has 0 amide bonds. The summed E-state index contributed by atoms with van der Waals surface area (Å²) in [6.45, 7) is 3.46. The molecule has 8 nitrogen and oxygen atoms in total. The van der Waals surface area contributed by atoms with Crippen LogP contribution in [0.5, 0.6) is 5.75 Å². The van der Waals surface area contributed by atoms with Gasteiger partial charge in [-0.1, -0.05) is 30.3 Å². The Kier molecular flexibility index (Phi) is 5.41. The first-order valence-electron chi connectivity index (χ1n) is 9.93. The maximum atomic E-state index is 12.3. The van der Waals surface area contributed by atoms with Crippen LogP contribution in [0.25, 0.3) is 11.4 Å². The van der Waals surface area contributed by atoms with Crippen molar-refractivity contribution >= 4 is 5.97 Å². The molecule has 1 aliphatic carbocycles. The number of pyridine rings is 1. The highest BCUT2D eigenvalue weighted by molar-refractivity contribution is 5.92. The van der Waals surface area contributed by atoms with Crippen LogP contribution in [0.2, 0.25) is 0 Å². The van der Waals surface area contributed by atoms with Crippen molar-refractivity contribution in [1.82, 2.24) is 14.5 Å². The molecular weight excluding hydrogens is 386 g/mol. The molecule has 0 radical (unpaired) electrons. The number of fused-ring (bicyclic) bond motifs is 3. The second-order valence-electron chi connectivity index (χ2n) is 7.24. The minimum atomic E-state index is -1.45. The molecule has 0 bridgehead atoms. The van der Waals surface area contributed by atoms with E-state index < -0.39 is 22.8 Å². The van der Waals surface area contributed by atoms with Gasteiger partial charge in [-0.15, -0.1) is 0 Å². The number of aromatic nitrogens is 3.